The van der Waals surface area contributed by atoms with E-state index < -0.39 is 0 Å². The Bertz CT molecular complexity index is 789. The molecule has 1 aromatic heterocycles. The van der Waals surface area contributed by atoms with Gasteiger partial charge in [0.1, 0.15) is 5.82 Å². The van der Waals surface area contributed by atoms with Crippen molar-refractivity contribution in [3.8, 4) is 5.69 Å². The maximum absolute atomic E-state index is 13.0. The number of likely N-dealkylation sites (tertiary alicyclic amines) is 1. The minimum atomic E-state index is -0.242. The molecular weight excluding hydrogens is 329 g/mol. The molecule has 0 atom stereocenters. The largest absolute Gasteiger partial charge is 0.356 e. The molecule has 5 nitrogen and oxygen atoms in total. The highest BCUT2D eigenvalue weighted by Crippen LogP contribution is 2.46. The first-order chi connectivity index (χ1) is 12.2. The Hall–Kier alpha value is -2.37. The lowest BCUT2D eigenvalue weighted by atomic mass is 9.65. The molecule has 6 heteroatoms. The van der Waals surface area contributed by atoms with Crippen molar-refractivity contribution in [3.63, 3.8) is 0 Å². The van der Waals surface area contributed by atoms with E-state index in [1.165, 1.54) is 12.1 Å². The van der Waals surface area contributed by atoms with Crippen LogP contribution in [0.25, 0.3) is 5.69 Å². The van der Waals surface area contributed by atoms with E-state index in [1.807, 2.05) is 19.3 Å². The molecule has 1 aliphatic heterocycles. The Labute approximate surface area is 154 Å². The summed E-state index contributed by atoms with van der Waals surface area (Å²) in [6.07, 6.45) is 2.70. The SMILES string of the molecule is CN=C(NCCc1ccn(-c2ccc(F)cc2)n1)N1CC(C)(C)C1(C)C. The van der Waals surface area contributed by atoms with Gasteiger partial charge < -0.3 is 10.2 Å². The van der Waals surface area contributed by atoms with Gasteiger partial charge in [-0.3, -0.25) is 4.99 Å². The monoisotopic (exact) mass is 357 g/mol. The van der Waals surface area contributed by atoms with Crippen LogP contribution < -0.4 is 5.32 Å². The van der Waals surface area contributed by atoms with Crippen molar-refractivity contribution in [3.05, 3.63) is 48.0 Å². The second-order valence-corrected chi connectivity index (χ2v) is 7.98. The molecule has 1 fully saturated rings. The standard InChI is InChI=1S/C20H28FN5/c1-19(2)14-25(20(19,3)4)18(22-5)23-12-10-16-11-13-26(24-16)17-8-6-15(21)7-9-17/h6-9,11,13H,10,12,14H2,1-5H3,(H,22,23). The van der Waals surface area contributed by atoms with E-state index in [1.54, 1.807) is 16.8 Å². The van der Waals surface area contributed by atoms with Gasteiger partial charge in [-0.15, -0.1) is 0 Å². The van der Waals surface area contributed by atoms with Crippen LogP contribution in [0.4, 0.5) is 4.39 Å². The lowest BCUT2D eigenvalue weighted by Crippen LogP contribution is -2.72. The number of aromatic nitrogens is 2. The van der Waals surface area contributed by atoms with E-state index >= 15 is 0 Å². The molecule has 0 amide bonds. The summed E-state index contributed by atoms with van der Waals surface area (Å²) in [5.41, 5.74) is 2.20. The number of nitrogens with one attached hydrogen (secondary N) is 1. The molecule has 2 heterocycles. The zero-order chi connectivity index (χ0) is 18.9. The number of rotatable bonds is 4. The maximum Gasteiger partial charge on any atom is 0.194 e. The van der Waals surface area contributed by atoms with Crippen molar-refractivity contribution >= 4 is 5.96 Å². The second-order valence-electron chi connectivity index (χ2n) is 7.98. The van der Waals surface area contributed by atoms with Crippen LogP contribution in [0, 0.1) is 11.2 Å². The summed E-state index contributed by atoms with van der Waals surface area (Å²) in [4.78, 5) is 6.76. The van der Waals surface area contributed by atoms with Gasteiger partial charge in [-0.1, -0.05) is 13.8 Å². The Balaban J connectivity index is 1.56. The molecule has 0 radical (unpaired) electrons. The van der Waals surface area contributed by atoms with E-state index in [-0.39, 0.29) is 16.8 Å². The molecule has 0 spiro atoms. The van der Waals surface area contributed by atoms with Gasteiger partial charge in [-0.05, 0) is 44.2 Å². The highest BCUT2D eigenvalue weighted by atomic mass is 19.1. The summed E-state index contributed by atoms with van der Waals surface area (Å²) in [7, 11) is 1.83. The van der Waals surface area contributed by atoms with E-state index in [9.17, 15) is 4.39 Å². The molecule has 0 aliphatic carbocycles. The van der Waals surface area contributed by atoms with Gasteiger partial charge in [0.15, 0.2) is 5.96 Å². The quantitative estimate of drug-likeness (QED) is 0.675. The number of guanidine groups is 1. The molecule has 3 rings (SSSR count). The number of nitrogens with zero attached hydrogens (tertiary/aromatic N) is 4. The fraction of sp³-hybridized carbons (Fsp3) is 0.500. The number of benzene rings is 1. The minimum Gasteiger partial charge on any atom is -0.356 e. The molecule has 0 unspecified atom stereocenters. The number of halogens is 1. The van der Waals surface area contributed by atoms with Crippen molar-refractivity contribution in [2.24, 2.45) is 10.4 Å². The van der Waals surface area contributed by atoms with Crippen LogP contribution >= 0.6 is 0 Å². The van der Waals surface area contributed by atoms with Crippen molar-refractivity contribution in [2.45, 2.75) is 39.7 Å². The zero-order valence-electron chi connectivity index (χ0n) is 16.3. The second kappa shape index (κ2) is 6.74. The highest BCUT2D eigenvalue weighted by molar-refractivity contribution is 5.82. The van der Waals surface area contributed by atoms with E-state index in [4.69, 9.17) is 0 Å². The lowest BCUT2D eigenvalue weighted by molar-refractivity contribution is -0.0666. The van der Waals surface area contributed by atoms with Crippen molar-refractivity contribution in [1.82, 2.24) is 20.0 Å². The van der Waals surface area contributed by atoms with E-state index in [2.05, 4.69) is 48.0 Å². The number of hydrogen-bond acceptors (Lipinski definition) is 2. The van der Waals surface area contributed by atoms with Crippen LogP contribution in [0.1, 0.15) is 33.4 Å². The van der Waals surface area contributed by atoms with Crippen LogP contribution in [0.15, 0.2) is 41.5 Å². The van der Waals surface area contributed by atoms with Gasteiger partial charge in [0.25, 0.3) is 0 Å². The lowest BCUT2D eigenvalue weighted by Gasteiger charge is -2.62. The van der Waals surface area contributed by atoms with Crippen LogP contribution in [0.3, 0.4) is 0 Å². The van der Waals surface area contributed by atoms with Crippen LogP contribution in [-0.2, 0) is 6.42 Å². The van der Waals surface area contributed by atoms with E-state index in [0.717, 1.165) is 36.9 Å². The first kappa shape index (κ1) is 18.4. The molecule has 140 valence electrons. The van der Waals surface area contributed by atoms with Gasteiger partial charge in [-0.25, -0.2) is 9.07 Å². The third-order valence-corrected chi connectivity index (χ3v) is 5.75. The van der Waals surface area contributed by atoms with Gasteiger partial charge in [0.05, 0.1) is 11.4 Å². The third kappa shape index (κ3) is 3.32. The summed E-state index contributed by atoms with van der Waals surface area (Å²) in [5, 5.41) is 8.01. The van der Waals surface area contributed by atoms with E-state index in [0.29, 0.717) is 0 Å². The molecule has 1 saturated heterocycles. The van der Waals surface area contributed by atoms with Gasteiger partial charge in [-0.2, -0.15) is 5.10 Å². The maximum atomic E-state index is 13.0. The average Bonchev–Trinajstić information content (AvgIpc) is 3.06. The normalized spacial score (nSPS) is 18.5. The minimum absolute atomic E-state index is 0.0823. The van der Waals surface area contributed by atoms with Gasteiger partial charge in [0, 0.05) is 43.7 Å². The van der Waals surface area contributed by atoms with Crippen molar-refractivity contribution in [1.29, 1.82) is 0 Å². The van der Waals surface area contributed by atoms with Crippen LogP contribution in [-0.4, -0.2) is 46.3 Å². The molecule has 1 aromatic carbocycles. The average molecular weight is 357 g/mol. The van der Waals surface area contributed by atoms with Gasteiger partial charge >= 0.3 is 0 Å². The van der Waals surface area contributed by atoms with Gasteiger partial charge in [0.2, 0.25) is 0 Å². The molecule has 0 saturated carbocycles. The molecule has 0 bridgehead atoms. The molecule has 26 heavy (non-hydrogen) atoms. The summed E-state index contributed by atoms with van der Waals surface area (Å²) < 4.78 is 14.8. The Morgan fingerprint density at radius 3 is 2.46 bits per heavy atom. The first-order valence-electron chi connectivity index (χ1n) is 9.03. The first-order valence-corrected chi connectivity index (χ1v) is 9.03. The topological polar surface area (TPSA) is 45.5 Å². The zero-order valence-corrected chi connectivity index (χ0v) is 16.3. The summed E-state index contributed by atoms with van der Waals surface area (Å²) in [6.45, 7) is 10.9. The molecule has 2 aromatic rings. The third-order valence-electron chi connectivity index (χ3n) is 5.75. The summed E-state index contributed by atoms with van der Waals surface area (Å²) in [5.74, 6) is 0.695. The van der Waals surface area contributed by atoms with Crippen molar-refractivity contribution < 1.29 is 4.39 Å². The number of hydrogen-bond donors (Lipinski definition) is 1. The summed E-state index contributed by atoms with van der Waals surface area (Å²) >= 11 is 0. The van der Waals surface area contributed by atoms with Crippen LogP contribution in [0.2, 0.25) is 0 Å². The number of aliphatic imine (C=N–C) groups is 1. The Morgan fingerprint density at radius 2 is 1.88 bits per heavy atom. The highest BCUT2D eigenvalue weighted by Gasteiger charge is 2.53. The molecular formula is C20H28FN5. The van der Waals surface area contributed by atoms with Crippen molar-refractivity contribution in [2.75, 3.05) is 20.1 Å². The molecule has 1 aliphatic rings. The Kier molecular flexibility index (Phi) is 4.78. The predicted molar refractivity (Wildman–Crippen MR) is 103 cm³/mol. The van der Waals surface area contributed by atoms with Crippen LogP contribution in [0.5, 0.6) is 0 Å². The Morgan fingerprint density at radius 1 is 1.19 bits per heavy atom. The fourth-order valence-corrected chi connectivity index (χ4v) is 3.23. The molecule has 1 N–H and O–H groups in total. The summed E-state index contributed by atoms with van der Waals surface area (Å²) in [6, 6.07) is 8.32. The predicted octanol–water partition coefficient (Wildman–Crippen LogP) is 3.25. The fourth-order valence-electron chi connectivity index (χ4n) is 3.23. The smallest absolute Gasteiger partial charge is 0.194 e.